The standard InChI is InChI=1S/C14H22N4O2/c1-20-13-5-3-2-4-12(13)17-14(19)16-8-11-18-9-6-15-7-10-18/h2-5,15H,6-11H2,1H3,(H2,16,17,19). The lowest BCUT2D eigenvalue weighted by molar-refractivity contribution is 0.233. The van der Waals surface area contributed by atoms with Gasteiger partial charge in [-0.25, -0.2) is 4.79 Å². The highest BCUT2D eigenvalue weighted by atomic mass is 16.5. The molecule has 1 fully saturated rings. The predicted molar refractivity (Wildman–Crippen MR) is 79.3 cm³/mol. The molecule has 0 aliphatic carbocycles. The summed E-state index contributed by atoms with van der Waals surface area (Å²) in [6.07, 6.45) is 0. The lowest BCUT2D eigenvalue weighted by Crippen LogP contribution is -2.46. The van der Waals surface area contributed by atoms with Crippen LogP contribution in [0.25, 0.3) is 0 Å². The number of para-hydroxylation sites is 2. The minimum absolute atomic E-state index is 0.204. The number of ether oxygens (including phenoxy) is 1. The highest BCUT2D eigenvalue weighted by molar-refractivity contribution is 5.90. The molecule has 0 radical (unpaired) electrons. The van der Waals surface area contributed by atoms with Crippen LogP contribution in [0.15, 0.2) is 24.3 Å². The van der Waals surface area contributed by atoms with E-state index in [1.807, 2.05) is 24.3 Å². The first kappa shape index (κ1) is 14.6. The Morgan fingerprint density at radius 3 is 2.85 bits per heavy atom. The molecule has 6 nitrogen and oxygen atoms in total. The fourth-order valence-corrected chi connectivity index (χ4v) is 2.18. The summed E-state index contributed by atoms with van der Waals surface area (Å²) in [6.45, 7) is 5.63. The molecule has 6 heteroatoms. The largest absolute Gasteiger partial charge is 0.495 e. The van der Waals surface area contributed by atoms with Gasteiger partial charge in [-0.3, -0.25) is 4.90 Å². The maximum absolute atomic E-state index is 11.8. The van der Waals surface area contributed by atoms with Gasteiger partial charge in [0.2, 0.25) is 0 Å². The summed E-state index contributed by atoms with van der Waals surface area (Å²) in [4.78, 5) is 14.1. The van der Waals surface area contributed by atoms with E-state index in [1.165, 1.54) is 0 Å². The Balaban J connectivity index is 1.72. The summed E-state index contributed by atoms with van der Waals surface area (Å²) in [5.74, 6) is 0.657. The SMILES string of the molecule is COc1ccccc1NC(=O)NCCN1CCNCC1. The molecule has 20 heavy (non-hydrogen) atoms. The molecule has 0 saturated carbocycles. The van der Waals surface area contributed by atoms with Crippen LogP contribution in [0.5, 0.6) is 5.75 Å². The van der Waals surface area contributed by atoms with Gasteiger partial charge in [0.1, 0.15) is 5.75 Å². The maximum Gasteiger partial charge on any atom is 0.319 e. The Morgan fingerprint density at radius 2 is 2.10 bits per heavy atom. The molecular formula is C14H22N4O2. The number of hydrogen-bond acceptors (Lipinski definition) is 4. The van der Waals surface area contributed by atoms with Crippen LogP contribution < -0.4 is 20.7 Å². The van der Waals surface area contributed by atoms with Gasteiger partial charge in [0, 0.05) is 39.3 Å². The summed E-state index contributed by atoms with van der Waals surface area (Å²) < 4.78 is 5.19. The summed E-state index contributed by atoms with van der Waals surface area (Å²) >= 11 is 0. The smallest absolute Gasteiger partial charge is 0.319 e. The first-order valence-electron chi connectivity index (χ1n) is 6.90. The Hall–Kier alpha value is -1.79. The first-order valence-corrected chi connectivity index (χ1v) is 6.90. The molecule has 1 aromatic carbocycles. The van der Waals surface area contributed by atoms with Crippen LogP contribution in [0.4, 0.5) is 10.5 Å². The van der Waals surface area contributed by atoms with Gasteiger partial charge in [0.15, 0.2) is 0 Å². The van der Waals surface area contributed by atoms with Gasteiger partial charge in [-0.2, -0.15) is 0 Å². The van der Waals surface area contributed by atoms with Crippen molar-refractivity contribution in [2.24, 2.45) is 0 Å². The zero-order valence-electron chi connectivity index (χ0n) is 11.8. The highest BCUT2D eigenvalue weighted by Gasteiger charge is 2.10. The highest BCUT2D eigenvalue weighted by Crippen LogP contribution is 2.22. The topological polar surface area (TPSA) is 65.6 Å². The fourth-order valence-electron chi connectivity index (χ4n) is 2.18. The summed E-state index contributed by atoms with van der Waals surface area (Å²) in [5.41, 5.74) is 0.676. The van der Waals surface area contributed by atoms with E-state index in [0.717, 1.165) is 32.7 Å². The molecule has 0 atom stereocenters. The van der Waals surface area contributed by atoms with Gasteiger partial charge in [0.05, 0.1) is 12.8 Å². The second-order valence-corrected chi connectivity index (χ2v) is 4.67. The number of benzene rings is 1. The van der Waals surface area contributed by atoms with Gasteiger partial charge in [-0.15, -0.1) is 0 Å². The average molecular weight is 278 g/mol. The van der Waals surface area contributed by atoms with Crippen LogP contribution in [-0.4, -0.2) is 57.3 Å². The minimum Gasteiger partial charge on any atom is -0.495 e. The number of nitrogens with one attached hydrogen (secondary N) is 3. The zero-order chi connectivity index (χ0) is 14.2. The van der Waals surface area contributed by atoms with E-state index in [-0.39, 0.29) is 6.03 Å². The van der Waals surface area contributed by atoms with Crippen molar-refractivity contribution in [3.63, 3.8) is 0 Å². The Bertz CT molecular complexity index is 433. The first-order chi connectivity index (χ1) is 9.79. The third-order valence-electron chi connectivity index (χ3n) is 3.28. The van der Waals surface area contributed by atoms with Crippen molar-refractivity contribution < 1.29 is 9.53 Å². The number of methoxy groups -OCH3 is 1. The minimum atomic E-state index is -0.204. The van der Waals surface area contributed by atoms with Crippen molar-refractivity contribution in [2.45, 2.75) is 0 Å². The maximum atomic E-state index is 11.8. The van der Waals surface area contributed by atoms with E-state index >= 15 is 0 Å². The van der Waals surface area contributed by atoms with Crippen LogP contribution in [-0.2, 0) is 0 Å². The van der Waals surface area contributed by atoms with E-state index in [1.54, 1.807) is 7.11 Å². The number of amides is 2. The molecular weight excluding hydrogens is 256 g/mol. The van der Waals surface area contributed by atoms with Crippen molar-refractivity contribution in [3.05, 3.63) is 24.3 Å². The zero-order valence-corrected chi connectivity index (χ0v) is 11.8. The summed E-state index contributed by atoms with van der Waals surface area (Å²) in [6, 6.07) is 7.15. The van der Waals surface area contributed by atoms with Crippen molar-refractivity contribution >= 4 is 11.7 Å². The molecule has 110 valence electrons. The lowest BCUT2D eigenvalue weighted by Gasteiger charge is -2.27. The van der Waals surface area contributed by atoms with Gasteiger partial charge in [-0.05, 0) is 12.1 Å². The molecule has 1 aliphatic rings. The Kier molecular flexibility index (Phi) is 5.64. The number of piperazine rings is 1. The molecule has 0 bridgehead atoms. The van der Waals surface area contributed by atoms with Crippen LogP contribution >= 0.6 is 0 Å². The van der Waals surface area contributed by atoms with E-state index in [2.05, 4.69) is 20.9 Å². The summed E-state index contributed by atoms with van der Waals surface area (Å²) in [5, 5.41) is 8.96. The van der Waals surface area contributed by atoms with Crippen molar-refractivity contribution in [1.29, 1.82) is 0 Å². The predicted octanol–water partition coefficient (Wildman–Crippen LogP) is 0.722. The molecule has 0 unspecified atom stereocenters. The van der Waals surface area contributed by atoms with Crippen molar-refractivity contribution in [3.8, 4) is 5.75 Å². The van der Waals surface area contributed by atoms with Crippen LogP contribution in [0.1, 0.15) is 0 Å². The third kappa shape index (κ3) is 4.40. The lowest BCUT2D eigenvalue weighted by atomic mass is 10.3. The number of carbonyl (C=O) groups excluding carboxylic acids is 1. The average Bonchev–Trinajstić information content (AvgIpc) is 2.49. The van der Waals surface area contributed by atoms with Crippen molar-refractivity contribution in [2.75, 3.05) is 51.7 Å². The second-order valence-electron chi connectivity index (χ2n) is 4.67. The number of nitrogens with zero attached hydrogens (tertiary/aromatic N) is 1. The van der Waals surface area contributed by atoms with E-state index in [9.17, 15) is 4.79 Å². The molecule has 0 spiro atoms. The van der Waals surface area contributed by atoms with Gasteiger partial charge < -0.3 is 20.7 Å². The number of urea groups is 1. The number of rotatable bonds is 5. The molecule has 1 aromatic rings. The van der Waals surface area contributed by atoms with Gasteiger partial charge in [0.25, 0.3) is 0 Å². The van der Waals surface area contributed by atoms with Crippen LogP contribution in [0.2, 0.25) is 0 Å². The quantitative estimate of drug-likeness (QED) is 0.742. The Labute approximate surface area is 119 Å². The van der Waals surface area contributed by atoms with Gasteiger partial charge >= 0.3 is 6.03 Å². The Morgan fingerprint density at radius 1 is 1.35 bits per heavy atom. The number of carbonyl (C=O) groups is 1. The van der Waals surface area contributed by atoms with Crippen LogP contribution in [0.3, 0.4) is 0 Å². The van der Waals surface area contributed by atoms with E-state index < -0.39 is 0 Å². The molecule has 1 saturated heterocycles. The van der Waals surface area contributed by atoms with Crippen LogP contribution in [0, 0.1) is 0 Å². The normalized spacial score (nSPS) is 15.7. The molecule has 1 heterocycles. The molecule has 1 aliphatic heterocycles. The van der Waals surface area contributed by atoms with Crippen molar-refractivity contribution in [1.82, 2.24) is 15.5 Å². The molecule has 3 N–H and O–H groups in total. The molecule has 2 rings (SSSR count). The molecule has 2 amide bonds. The molecule has 0 aromatic heterocycles. The summed E-state index contributed by atoms with van der Waals surface area (Å²) in [7, 11) is 1.59. The van der Waals surface area contributed by atoms with E-state index in [4.69, 9.17) is 4.74 Å². The van der Waals surface area contributed by atoms with Gasteiger partial charge in [-0.1, -0.05) is 12.1 Å². The number of anilines is 1. The van der Waals surface area contributed by atoms with E-state index in [0.29, 0.717) is 18.0 Å². The monoisotopic (exact) mass is 278 g/mol. The third-order valence-corrected chi connectivity index (χ3v) is 3.28. The second kappa shape index (κ2) is 7.72. The number of hydrogen-bond donors (Lipinski definition) is 3. The fraction of sp³-hybridized carbons (Fsp3) is 0.500.